The zero-order valence-corrected chi connectivity index (χ0v) is 52.7. The van der Waals surface area contributed by atoms with Gasteiger partial charge in [-0.2, -0.15) is 0 Å². The monoisotopic (exact) mass is 1240 g/mol. The largest absolute Gasteiger partial charge is 0.394 e. The van der Waals surface area contributed by atoms with Crippen LogP contribution >= 0.6 is 0 Å². The van der Waals surface area contributed by atoms with Crippen LogP contribution in [0.1, 0.15) is 206 Å². The molecule has 3 heterocycles. The van der Waals surface area contributed by atoms with Gasteiger partial charge in [0.2, 0.25) is 5.91 Å². The number of nitrogens with one attached hydrogen (secondary N) is 1. The Kier molecular flexibility index (Phi) is 44.6. The van der Waals surface area contributed by atoms with Gasteiger partial charge < -0.3 is 89.9 Å². The third kappa shape index (κ3) is 32.2. The molecule has 17 atom stereocenters. The second-order valence-electron chi connectivity index (χ2n) is 23.5. The second-order valence-corrected chi connectivity index (χ2v) is 23.5. The Morgan fingerprint density at radius 3 is 1.29 bits per heavy atom. The third-order valence-electron chi connectivity index (χ3n) is 16.2. The number of aliphatic hydroxyl groups is 11. The van der Waals surface area contributed by atoms with Gasteiger partial charge in [-0.05, 0) is 83.5 Å². The second kappa shape index (κ2) is 49.6. The average Bonchev–Trinajstić information content (AvgIpc) is 2.87. The molecule has 3 aliphatic rings. The molecule has 12 N–H and O–H groups in total. The number of hydrogen-bond donors (Lipinski definition) is 12. The number of carbonyl (C=O) groups excluding carboxylic acids is 1. The zero-order valence-electron chi connectivity index (χ0n) is 52.7. The normalized spacial score (nSPS) is 29.1. The van der Waals surface area contributed by atoms with Crippen LogP contribution in [0.25, 0.3) is 0 Å². The lowest BCUT2D eigenvalue weighted by molar-refractivity contribution is -0.379. The van der Waals surface area contributed by atoms with Gasteiger partial charge in [0.15, 0.2) is 18.9 Å². The van der Waals surface area contributed by atoms with Gasteiger partial charge in [-0.15, -0.1) is 0 Å². The van der Waals surface area contributed by atoms with Crippen molar-refractivity contribution in [1.29, 1.82) is 0 Å². The number of allylic oxidation sites excluding steroid dienone is 13. The summed E-state index contributed by atoms with van der Waals surface area (Å²) in [4.78, 5) is 13.4. The molecule has 19 nitrogen and oxygen atoms in total. The van der Waals surface area contributed by atoms with E-state index in [0.717, 1.165) is 89.9 Å². The zero-order chi connectivity index (χ0) is 63.3. The highest BCUT2D eigenvalue weighted by molar-refractivity contribution is 5.76. The Labute approximate surface area is 520 Å². The van der Waals surface area contributed by atoms with Crippen molar-refractivity contribution < 1.29 is 89.4 Å². The fraction of sp³-hybridized carbons (Fsp3) is 0.779. The summed E-state index contributed by atoms with van der Waals surface area (Å²) in [6.07, 6.45) is 35.6. The molecule has 502 valence electrons. The first-order valence-corrected chi connectivity index (χ1v) is 33.3. The molecule has 3 rings (SSSR count). The molecule has 3 aliphatic heterocycles. The van der Waals surface area contributed by atoms with Crippen molar-refractivity contribution in [3.8, 4) is 0 Å². The van der Waals surface area contributed by atoms with E-state index in [1.165, 1.54) is 83.5 Å². The van der Waals surface area contributed by atoms with Crippen LogP contribution in [0.15, 0.2) is 85.1 Å². The highest BCUT2D eigenvalue weighted by Crippen LogP contribution is 2.33. The summed E-state index contributed by atoms with van der Waals surface area (Å²) in [5, 5.41) is 120. The van der Waals surface area contributed by atoms with Gasteiger partial charge in [0.05, 0.1) is 38.6 Å². The lowest BCUT2D eigenvalue weighted by Gasteiger charge is -2.48. The van der Waals surface area contributed by atoms with Crippen molar-refractivity contribution in [2.24, 2.45) is 0 Å². The standard InChI is InChI=1S/C68H117NO18/c1-3-5-7-9-11-13-15-17-19-21-23-24-25-26-28-29-31-33-35-37-39-41-43-45-52(73)51(69-56(74)46-44-42-40-38-36-34-32-30-27-22-20-18-16-14-12-10-8-6-4-2)50-82-66-62(80)59(77)64(54(48-71)84-66)87-68-63(81)60(78)65(55(49-72)85-68)86-67-61(79)58(76)57(75)53(47-70)83-67/h6,8,12,14,18,20,27-30,35,37,43,45,51-55,57-68,70-73,75-81H,3-5,7,9-11,13,15-17,19,21-26,31-34,36,38-42,44,46-50H2,1-2H3,(H,69,74)/b8-6-,14-12-,20-18-,29-28+,30-27-,37-35+,45-43+. The van der Waals surface area contributed by atoms with Crippen LogP contribution in [0.3, 0.4) is 0 Å². The Morgan fingerprint density at radius 1 is 0.425 bits per heavy atom. The first kappa shape index (κ1) is 78.2. The minimum Gasteiger partial charge on any atom is -0.394 e. The fourth-order valence-electron chi connectivity index (χ4n) is 10.7. The van der Waals surface area contributed by atoms with E-state index in [1.54, 1.807) is 6.08 Å². The molecule has 0 aliphatic carbocycles. The lowest BCUT2D eigenvalue weighted by Crippen LogP contribution is -2.66. The topological polar surface area (TPSA) is 307 Å². The van der Waals surface area contributed by atoms with E-state index in [0.29, 0.717) is 12.8 Å². The summed E-state index contributed by atoms with van der Waals surface area (Å²) in [6.45, 7) is 1.57. The highest BCUT2D eigenvalue weighted by atomic mass is 16.8. The molecule has 0 spiro atoms. The van der Waals surface area contributed by atoms with Gasteiger partial charge >= 0.3 is 0 Å². The summed E-state index contributed by atoms with van der Waals surface area (Å²) in [6, 6.07) is -1.01. The SMILES string of the molecule is CC/C=C\C/C=C\C/C=C\C/C=C\CCCCCCCCC(=O)NC(COC1OC(CO)C(OC2OC(CO)C(OC3OC(CO)C(O)C(O)C3O)C(O)C2O)C(O)C1O)C(O)/C=C/CC/C=C/CC/C=C/CCCCCCCCCCCCCCC. The summed E-state index contributed by atoms with van der Waals surface area (Å²) >= 11 is 0. The minimum absolute atomic E-state index is 0.211. The van der Waals surface area contributed by atoms with E-state index in [1.807, 2.05) is 6.08 Å². The Morgan fingerprint density at radius 2 is 0.805 bits per heavy atom. The van der Waals surface area contributed by atoms with Gasteiger partial charge in [0, 0.05) is 6.42 Å². The molecule has 0 bridgehead atoms. The minimum atomic E-state index is -1.99. The van der Waals surface area contributed by atoms with Crippen LogP contribution in [0, 0.1) is 0 Å². The Hall–Kier alpha value is -3.03. The van der Waals surface area contributed by atoms with Gasteiger partial charge in [0.1, 0.15) is 73.2 Å². The predicted molar refractivity (Wildman–Crippen MR) is 337 cm³/mol. The summed E-state index contributed by atoms with van der Waals surface area (Å²) in [7, 11) is 0. The van der Waals surface area contributed by atoms with Crippen LogP contribution < -0.4 is 5.32 Å². The van der Waals surface area contributed by atoms with Gasteiger partial charge in [0.25, 0.3) is 0 Å². The van der Waals surface area contributed by atoms with Crippen LogP contribution in [0.5, 0.6) is 0 Å². The van der Waals surface area contributed by atoms with Crippen LogP contribution in [0.4, 0.5) is 0 Å². The van der Waals surface area contributed by atoms with Crippen LogP contribution in [0.2, 0.25) is 0 Å². The lowest BCUT2D eigenvalue weighted by atomic mass is 9.96. The molecule has 87 heavy (non-hydrogen) atoms. The molecule has 3 fully saturated rings. The van der Waals surface area contributed by atoms with Crippen molar-refractivity contribution in [3.63, 3.8) is 0 Å². The molecular formula is C68H117NO18. The molecule has 0 aromatic heterocycles. The first-order valence-electron chi connectivity index (χ1n) is 33.3. The number of rotatable bonds is 49. The average molecular weight is 1240 g/mol. The highest BCUT2D eigenvalue weighted by Gasteiger charge is 2.53. The number of aliphatic hydroxyl groups excluding tert-OH is 11. The van der Waals surface area contributed by atoms with Gasteiger partial charge in [-0.1, -0.05) is 202 Å². The van der Waals surface area contributed by atoms with E-state index < -0.39 is 124 Å². The number of hydrogen-bond acceptors (Lipinski definition) is 18. The number of amides is 1. The first-order chi connectivity index (χ1) is 42.3. The van der Waals surface area contributed by atoms with Crippen LogP contribution in [-0.4, -0.2) is 193 Å². The molecule has 0 radical (unpaired) electrons. The maximum absolute atomic E-state index is 13.4. The smallest absolute Gasteiger partial charge is 0.220 e. The number of carbonyl (C=O) groups is 1. The Balaban J connectivity index is 1.49. The third-order valence-corrected chi connectivity index (χ3v) is 16.2. The number of ether oxygens (including phenoxy) is 6. The van der Waals surface area contributed by atoms with E-state index in [9.17, 15) is 61.0 Å². The van der Waals surface area contributed by atoms with Gasteiger partial charge in [-0.25, -0.2) is 0 Å². The summed E-state index contributed by atoms with van der Waals surface area (Å²) < 4.78 is 34.3. The van der Waals surface area contributed by atoms with Crippen molar-refractivity contribution in [1.82, 2.24) is 5.32 Å². The molecule has 0 aromatic carbocycles. The Bertz CT molecular complexity index is 1910. The fourth-order valence-corrected chi connectivity index (χ4v) is 10.7. The molecule has 1 amide bonds. The van der Waals surface area contributed by atoms with Crippen molar-refractivity contribution in [2.45, 2.75) is 311 Å². The summed E-state index contributed by atoms with van der Waals surface area (Å²) in [5.74, 6) is -0.307. The maximum atomic E-state index is 13.4. The van der Waals surface area contributed by atoms with Crippen molar-refractivity contribution in [3.05, 3.63) is 85.1 Å². The summed E-state index contributed by atoms with van der Waals surface area (Å²) in [5.41, 5.74) is 0. The van der Waals surface area contributed by atoms with E-state index in [2.05, 4.69) is 92.1 Å². The molecule has 0 saturated carbocycles. The van der Waals surface area contributed by atoms with E-state index >= 15 is 0 Å². The van der Waals surface area contributed by atoms with Gasteiger partial charge in [-0.3, -0.25) is 4.79 Å². The molecular weight excluding hydrogens is 1120 g/mol. The van der Waals surface area contributed by atoms with E-state index in [4.69, 9.17) is 28.4 Å². The predicted octanol–water partition coefficient (Wildman–Crippen LogP) is 7.93. The quantitative estimate of drug-likeness (QED) is 0.0203. The molecule has 0 aromatic rings. The molecule has 17 unspecified atom stereocenters. The van der Waals surface area contributed by atoms with E-state index in [-0.39, 0.29) is 18.9 Å². The van der Waals surface area contributed by atoms with Crippen LogP contribution in [-0.2, 0) is 33.2 Å². The molecule has 19 heteroatoms. The van der Waals surface area contributed by atoms with Crippen molar-refractivity contribution in [2.75, 3.05) is 26.4 Å². The number of unbranched alkanes of at least 4 members (excludes halogenated alkanes) is 21. The maximum Gasteiger partial charge on any atom is 0.220 e. The molecule has 3 saturated heterocycles. The van der Waals surface area contributed by atoms with Crippen molar-refractivity contribution >= 4 is 5.91 Å².